The SMILES string of the molecule is O=C(NCC[C@@H]1CCCN1)c1ccccc1OC(F)F. The van der Waals surface area contributed by atoms with Crippen molar-refractivity contribution in [2.75, 3.05) is 13.1 Å². The third kappa shape index (κ3) is 4.16. The van der Waals surface area contributed by atoms with Crippen LogP contribution in [-0.2, 0) is 0 Å². The number of carbonyl (C=O) groups excluding carboxylic acids is 1. The number of para-hydroxylation sites is 1. The molecular formula is C14H18F2N2O2. The van der Waals surface area contributed by atoms with Crippen molar-refractivity contribution in [2.45, 2.75) is 31.9 Å². The van der Waals surface area contributed by atoms with Gasteiger partial charge >= 0.3 is 6.61 Å². The Hall–Kier alpha value is -1.69. The fraction of sp³-hybridized carbons (Fsp3) is 0.500. The summed E-state index contributed by atoms with van der Waals surface area (Å²) < 4.78 is 28.9. The van der Waals surface area contributed by atoms with Crippen molar-refractivity contribution in [1.82, 2.24) is 10.6 Å². The summed E-state index contributed by atoms with van der Waals surface area (Å²) in [6.07, 6.45) is 3.11. The summed E-state index contributed by atoms with van der Waals surface area (Å²) in [5.41, 5.74) is 0.132. The molecule has 1 heterocycles. The Morgan fingerprint density at radius 2 is 2.25 bits per heavy atom. The van der Waals surface area contributed by atoms with Gasteiger partial charge < -0.3 is 15.4 Å². The van der Waals surface area contributed by atoms with E-state index in [2.05, 4.69) is 15.4 Å². The van der Waals surface area contributed by atoms with Gasteiger partial charge in [-0.15, -0.1) is 0 Å². The fourth-order valence-electron chi connectivity index (χ4n) is 2.31. The lowest BCUT2D eigenvalue weighted by atomic mass is 10.1. The normalized spacial score (nSPS) is 18.2. The molecule has 1 fully saturated rings. The molecule has 110 valence electrons. The van der Waals surface area contributed by atoms with Gasteiger partial charge in [-0.05, 0) is 37.9 Å². The molecule has 0 spiro atoms. The summed E-state index contributed by atoms with van der Waals surface area (Å²) >= 11 is 0. The monoisotopic (exact) mass is 284 g/mol. The second kappa shape index (κ2) is 7.19. The highest BCUT2D eigenvalue weighted by atomic mass is 19.3. The maximum atomic E-state index is 12.3. The van der Waals surface area contributed by atoms with E-state index in [1.807, 2.05) is 0 Å². The maximum Gasteiger partial charge on any atom is 0.387 e. The van der Waals surface area contributed by atoms with Crippen LogP contribution in [0.3, 0.4) is 0 Å². The lowest BCUT2D eigenvalue weighted by Crippen LogP contribution is -2.30. The molecule has 0 aliphatic carbocycles. The second-order valence-corrected chi connectivity index (χ2v) is 4.71. The Bertz CT molecular complexity index is 449. The number of hydrogen-bond acceptors (Lipinski definition) is 3. The molecule has 20 heavy (non-hydrogen) atoms. The highest BCUT2D eigenvalue weighted by Crippen LogP contribution is 2.20. The van der Waals surface area contributed by atoms with E-state index in [1.165, 1.54) is 12.1 Å². The molecule has 2 rings (SSSR count). The van der Waals surface area contributed by atoms with Gasteiger partial charge in [0.2, 0.25) is 0 Å². The van der Waals surface area contributed by atoms with Crippen molar-refractivity contribution in [3.05, 3.63) is 29.8 Å². The Balaban J connectivity index is 1.87. The van der Waals surface area contributed by atoms with Gasteiger partial charge in [-0.25, -0.2) is 0 Å². The first kappa shape index (κ1) is 14.7. The largest absolute Gasteiger partial charge is 0.434 e. The van der Waals surface area contributed by atoms with Gasteiger partial charge in [-0.1, -0.05) is 12.1 Å². The van der Waals surface area contributed by atoms with E-state index in [1.54, 1.807) is 12.1 Å². The van der Waals surface area contributed by atoms with Crippen LogP contribution in [0.2, 0.25) is 0 Å². The van der Waals surface area contributed by atoms with Crippen LogP contribution in [-0.4, -0.2) is 31.7 Å². The van der Waals surface area contributed by atoms with E-state index in [4.69, 9.17) is 0 Å². The fourth-order valence-corrected chi connectivity index (χ4v) is 2.31. The molecule has 1 atom stereocenters. The molecule has 0 radical (unpaired) electrons. The zero-order chi connectivity index (χ0) is 14.4. The molecule has 0 unspecified atom stereocenters. The molecule has 1 aliphatic heterocycles. The van der Waals surface area contributed by atoms with Crippen LogP contribution in [0.5, 0.6) is 5.75 Å². The number of hydrogen-bond donors (Lipinski definition) is 2. The molecule has 1 aliphatic rings. The van der Waals surface area contributed by atoms with Crippen molar-refractivity contribution in [1.29, 1.82) is 0 Å². The number of amides is 1. The number of alkyl halides is 2. The van der Waals surface area contributed by atoms with Gasteiger partial charge in [-0.2, -0.15) is 8.78 Å². The number of benzene rings is 1. The highest BCUT2D eigenvalue weighted by Gasteiger charge is 2.17. The zero-order valence-corrected chi connectivity index (χ0v) is 11.1. The number of ether oxygens (including phenoxy) is 1. The van der Waals surface area contributed by atoms with Gasteiger partial charge in [0.25, 0.3) is 5.91 Å². The molecule has 1 aromatic carbocycles. The van der Waals surface area contributed by atoms with Crippen LogP contribution in [0.1, 0.15) is 29.6 Å². The number of carbonyl (C=O) groups is 1. The summed E-state index contributed by atoms with van der Waals surface area (Å²) in [7, 11) is 0. The van der Waals surface area contributed by atoms with Crippen LogP contribution < -0.4 is 15.4 Å². The van der Waals surface area contributed by atoms with E-state index < -0.39 is 6.61 Å². The third-order valence-corrected chi connectivity index (χ3v) is 3.29. The minimum Gasteiger partial charge on any atom is -0.434 e. The zero-order valence-electron chi connectivity index (χ0n) is 11.1. The van der Waals surface area contributed by atoms with Gasteiger partial charge in [0, 0.05) is 12.6 Å². The van der Waals surface area contributed by atoms with Crippen LogP contribution in [0.4, 0.5) is 8.78 Å². The van der Waals surface area contributed by atoms with Gasteiger partial charge in [0.15, 0.2) is 0 Å². The first-order valence-corrected chi connectivity index (χ1v) is 6.72. The molecule has 1 saturated heterocycles. The lowest BCUT2D eigenvalue weighted by molar-refractivity contribution is -0.0501. The van der Waals surface area contributed by atoms with Gasteiger partial charge in [0.05, 0.1) is 5.56 Å². The average molecular weight is 284 g/mol. The highest BCUT2D eigenvalue weighted by molar-refractivity contribution is 5.96. The Labute approximate surface area is 116 Å². The quantitative estimate of drug-likeness (QED) is 0.841. The molecule has 6 heteroatoms. The van der Waals surface area contributed by atoms with Crippen LogP contribution in [0.15, 0.2) is 24.3 Å². The number of nitrogens with one attached hydrogen (secondary N) is 2. The van der Waals surface area contributed by atoms with Gasteiger partial charge in [0.1, 0.15) is 5.75 Å². The van der Waals surface area contributed by atoms with Crippen molar-refractivity contribution in [3.63, 3.8) is 0 Å². The second-order valence-electron chi connectivity index (χ2n) is 4.71. The summed E-state index contributed by atoms with van der Waals surface area (Å²) in [4.78, 5) is 12.0. The molecule has 0 bridgehead atoms. The third-order valence-electron chi connectivity index (χ3n) is 3.29. The molecule has 1 amide bonds. The maximum absolute atomic E-state index is 12.3. The van der Waals surface area contributed by atoms with Crippen molar-refractivity contribution in [3.8, 4) is 5.75 Å². The Kier molecular flexibility index (Phi) is 5.29. The Morgan fingerprint density at radius 3 is 2.95 bits per heavy atom. The van der Waals surface area contributed by atoms with Crippen LogP contribution in [0.25, 0.3) is 0 Å². The van der Waals surface area contributed by atoms with E-state index in [0.29, 0.717) is 12.6 Å². The molecule has 1 aromatic rings. The topological polar surface area (TPSA) is 50.4 Å². The standard InChI is InChI=1S/C14H18F2N2O2/c15-14(16)20-12-6-2-1-5-11(12)13(19)18-9-7-10-4-3-8-17-10/h1-2,5-6,10,14,17H,3-4,7-9H2,(H,18,19)/t10-/m0/s1. The Morgan fingerprint density at radius 1 is 1.45 bits per heavy atom. The average Bonchev–Trinajstić information content (AvgIpc) is 2.91. The predicted molar refractivity (Wildman–Crippen MR) is 71.0 cm³/mol. The van der Waals surface area contributed by atoms with E-state index in [9.17, 15) is 13.6 Å². The van der Waals surface area contributed by atoms with Crippen molar-refractivity contribution >= 4 is 5.91 Å². The summed E-state index contributed by atoms with van der Waals surface area (Å²) in [5.74, 6) is -0.488. The minimum absolute atomic E-state index is 0.0982. The van der Waals surface area contributed by atoms with Crippen LogP contribution in [0, 0.1) is 0 Å². The van der Waals surface area contributed by atoms with Crippen molar-refractivity contribution < 1.29 is 18.3 Å². The lowest BCUT2D eigenvalue weighted by Gasteiger charge is -2.13. The molecule has 0 aromatic heterocycles. The summed E-state index contributed by atoms with van der Waals surface area (Å²) in [5, 5.41) is 6.07. The summed E-state index contributed by atoms with van der Waals surface area (Å²) in [6.45, 7) is -1.41. The summed E-state index contributed by atoms with van der Waals surface area (Å²) in [6, 6.07) is 6.44. The number of halogens is 2. The molecular weight excluding hydrogens is 266 g/mol. The predicted octanol–water partition coefficient (Wildman–Crippen LogP) is 2.16. The first-order chi connectivity index (χ1) is 9.66. The smallest absolute Gasteiger partial charge is 0.387 e. The molecule has 4 nitrogen and oxygen atoms in total. The number of rotatable bonds is 6. The van der Waals surface area contributed by atoms with E-state index in [0.717, 1.165) is 25.8 Å². The first-order valence-electron chi connectivity index (χ1n) is 6.72. The molecule has 0 saturated carbocycles. The van der Waals surface area contributed by atoms with E-state index >= 15 is 0 Å². The molecule has 2 N–H and O–H groups in total. The minimum atomic E-state index is -2.94. The van der Waals surface area contributed by atoms with Gasteiger partial charge in [-0.3, -0.25) is 4.79 Å². The van der Waals surface area contributed by atoms with Crippen LogP contribution >= 0.6 is 0 Å². The van der Waals surface area contributed by atoms with Crippen molar-refractivity contribution in [2.24, 2.45) is 0 Å². The van der Waals surface area contributed by atoms with E-state index in [-0.39, 0.29) is 17.2 Å².